The largest absolute Gasteiger partial charge is 0.455 e. The Morgan fingerprint density at radius 3 is 3.04 bits per heavy atom. The summed E-state index contributed by atoms with van der Waals surface area (Å²) in [6.07, 6.45) is 6.02. The van der Waals surface area contributed by atoms with Gasteiger partial charge in [-0.25, -0.2) is 9.98 Å². The molecule has 1 N–H and O–H groups in total. The Kier molecular flexibility index (Phi) is 3.25. The average molecular weight is 352 g/mol. The molecule has 0 saturated carbocycles. The third-order valence-corrected chi connectivity index (χ3v) is 6.45. The number of thioether (sulfide) groups is 1. The highest BCUT2D eigenvalue weighted by Crippen LogP contribution is 2.41. The predicted molar refractivity (Wildman–Crippen MR) is 93.4 cm³/mol. The van der Waals surface area contributed by atoms with E-state index in [9.17, 15) is 0 Å². The van der Waals surface area contributed by atoms with E-state index in [2.05, 4.69) is 25.2 Å². The number of nitrogens with one attached hydrogen (secondary N) is 1. The number of fused-ring (bicyclic) bond motifs is 3. The minimum atomic E-state index is -0.148. The maximum Gasteiger partial charge on any atom is 0.291 e. The Hall–Kier alpha value is -1.05. The Morgan fingerprint density at radius 2 is 2.26 bits per heavy atom. The van der Waals surface area contributed by atoms with Crippen molar-refractivity contribution in [1.29, 1.82) is 0 Å². The van der Waals surface area contributed by atoms with Gasteiger partial charge >= 0.3 is 0 Å². The van der Waals surface area contributed by atoms with Crippen LogP contribution in [0.15, 0.2) is 26.0 Å². The van der Waals surface area contributed by atoms with Gasteiger partial charge in [-0.1, -0.05) is 11.8 Å². The van der Waals surface area contributed by atoms with E-state index in [1.54, 1.807) is 18.0 Å². The van der Waals surface area contributed by atoms with Crippen LogP contribution < -0.4 is 5.32 Å². The average Bonchev–Trinajstić information content (AvgIpc) is 3.12. The first-order valence-electron chi connectivity index (χ1n) is 8.08. The molecule has 0 aromatic rings. The van der Waals surface area contributed by atoms with E-state index in [1.807, 2.05) is 6.08 Å². The number of allylic oxidation sites excluding steroid dienone is 1. The lowest BCUT2D eigenvalue weighted by molar-refractivity contribution is -0.0841. The van der Waals surface area contributed by atoms with Crippen molar-refractivity contribution in [3.63, 3.8) is 0 Å². The topological polar surface area (TPSA) is 61.6 Å². The van der Waals surface area contributed by atoms with Gasteiger partial charge in [0.2, 0.25) is 0 Å². The van der Waals surface area contributed by atoms with Gasteiger partial charge in [-0.15, -0.1) is 11.6 Å². The van der Waals surface area contributed by atoms with Crippen LogP contribution in [0.5, 0.6) is 0 Å². The van der Waals surface area contributed by atoms with Gasteiger partial charge in [-0.05, 0) is 32.0 Å². The number of hydrogen-bond acceptors (Lipinski definition) is 7. The Labute approximate surface area is 144 Å². The fourth-order valence-corrected chi connectivity index (χ4v) is 5.28. The van der Waals surface area contributed by atoms with Crippen LogP contribution in [0, 0.1) is 5.92 Å². The van der Waals surface area contributed by atoms with Gasteiger partial charge in [-0.2, -0.15) is 0 Å². The van der Waals surface area contributed by atoms with E-state index in [1.165, 1.54) is 25.9 Å². The van der Waals surface area contributed by atoms with Crippen molar-refractivity contribution >= 4 is 40.8 Å². The van der Waals surface area contributed by atoms with Crippen molar-refractivity contribution in [2.75, 3.05) is 26.2 Å². The second kappa shape index (κ2) is 5.22. The summed E-state index contributed by atoms with van der Waals surface area (Å²) in [7, 11) is 0. The summed E-state index contributed by atoms with van der Waals surface area (Å²) >= 11 is 7.64. The third kappa shape index (κ3) is 2.40. The van der Waals surface area contributed by atoms with E-state index < -0.39 is 0 Å². The summed E-state index contributed by atoms with van der Waals surface area (Å²) in [5.74, 6) is 0.626. The molecule has 0 aromatic heterocycles. The zero-order valence-corrected chi connectivity index (χ0v) is 14.2. The number of nitrogens with zero attached hydrogens (tertiary/aromatic N) is 4. The first-order chi connectivity index (χ1) is 11.2. The second-order valence-electron chi connectivity index (χ2n) is 6.69. The summed E-state index contributed by atoms with van der Waals surface area (Å²) in [4.78, 5) is 17.1. The molecule has 1 spiro atoms. The maximum atomic E-state index is 6.28. The highest BCUT2D eigenvalue weighted by Gasteiger charge is 2.51. The molecule has 3 fully saturated rings. The summed E-state index contributed by atoms with van der Waals surface area (Å²) < 4.78 is 6.28. The molecule has 3 saturated heterocycles. The number of aliphatic imine (C=N–C) groups is 3. The van der Waals surface area contributed by atoms with E-state index in [4.69, 9.17) is 16.3 Å². The third-order valence-electron chi connectivity index (χ3n) is 5.23. The molecular formula is C15H18ClN5OS. The zero-order chi connectivity index (χ0) is 15.4. The molecule has 6 rings (SSSR count). The van der Waals surface area contributed by atoms with Gasteiger partial charge in [-0.3, -0.25) is 15.2 Å². The summed E-state index contributed by atoms with van der Waals surface area (Å²) in [6, 6.07) is 0.607. The first-order valence-corrected chi connectivity index (χ1v) is 9.33. The molecule has 0 aromatic carbocycles. The van der Waals surface area contributed by atoms with Gasteiger partial charge in [0.15, 0.2) is 11.3 Å². The molecule has 6 aliphatic rings. The van der Waals surface area contributed by atoms with Crippen LogP contribution in [0.1, 0.15) is 12.8 Å². The van der Waals surface area contributed by atoms with Crippen molar-refractivity contribution in [2.24, 2.45) is 20.9 Å². The van der Waals surface area contributed by atoms with Gasteiger partial charge in [0.25, 0.3) is 6.02 Å². The van der Waals surface area contributed by atoms with Gasteiger partial charge in [0.1, 0.15) is 5.60 Å². The molecule has 2 bridgehead atoms. The van der Waals surface area contributed by atoms with E-state index in [0.717, 1.165) is 23.2 Å². The minimum absolute atomic E-state index is 0.117. The zero-order valence-electron chi connectivity index (χ0n) is 12.6. The Bertz CT molecular complexity index is 654. The Balaban J connectivity index is 1.27. The molecule has 6 nitrogen and oxygen atoms in total. The molecule has 8 heteroatoms. The SMILES string of the molecule is ClC1C=NC2N=C(NC3=NC[C@@]4(CN5CCC4CC5)O3)SC2=C1. The molecule has 0 aliphatic carbocycles. The number of piperidine rings is 3. The van der Waals surface area contributed by atoms with Crippen LogP contribution in [0.4, 0.5) is 0 Å². The summed E-state index contributed by atoms with van der Waals surface area (Å²) in [5, 5.41) is 3.90. The van der Waals surface area contributed by atoms with Crippen LogP contribution in [0.25, 0.3) is 0 Å². The van der Waals surface area contributed by atoms with Crippen molar-refractivity contribution < 1.29 is 4.74 Å². The monoisotopic (exact) mass is 351 g/mol. The number of rotatable bonds is 0. The van der Waals surface area contributed by atoms with E-state index >= 15 is 0 Å². The molecular weight excluding hydrogens is 334 g/mol. The normalized spacial score (nSPS) is 43.8. The summed E-state index contributed by atoms with van der Waals surface area (Å²) in [6.45, 7) is 4.16. The first kappa shape index (κ1) is 14.3. The molecule has 6 aliphatic heterocycles. The standard InChI is InChI=1S/C15H18ClN5OS/c16-10-5-11-12(17-6-10)19-14(23-11)20-13-18-7-15(22-13)8-21-3-1-9(15)2-4-21/h5-6,9-10,12H,1-4,7-8H2,(H,18,19,20)/t10?,12?,15-/m0/s1. The van der Waals surface area contributed by atoms with Gasteiger partial charge < -0.3 is 4.74 Å². The quantitative estimate of drug-likeness (QED) is 0.671. The molecule has 6 heterocycles. The van der Waals surface area contributed by atoms with Crippen LogP contribution in [-0.2, 0) is 4.74 Å². The number of ether oxygens (including phenoxy) is 1. The number of hydrogen-bond donors (Lipinski definition) is 1. The fourth-order valence-electron chi connectivity index (χ4n) is 4.05. The number of halogens is 1. The Morgan fingerprint density at radius 1 is 1.39 bits per heavy atom. The number of amidine groups is 2. The molecule has 3 atom stereocenters. The van der Waals surface area contributed by atoms with Gasteiger partial charge in [0, 0.05) is 23.6 Å². The smallest absolute Gasteiger partial charge is 0.291 e. The van der Waals surface area contributed by atoms with Gasteiger partial charge in [0.05, 0.1) is 11.9 Å². The molecule has 122 valence electrons. The highest BCUT2D eigenvalue weighted by atomic mass is 35.5. The lowest BCUT2D eigenvalue weighted by atomic mass is 9.75. The van der Waals surface area contributed by atoms with Crippen molar-refractivity contribution in [1.82, 2.24) is 10.2 Å². The molecule has 2 unspecified atom stereocenters. The predicted octanol–water partition coefficient (Wildman–Crippen LogP) is 1.43. The van der Waals surface area contributed by atoms with Crippen LogP contribution in [0.3, 0.4) is 0 Å². The molecule has 0 amide bonds. The number of alkyl halides is 1. The molecule has 0 radical (unpaired) electrons. The van der Waals surface area contributed by atoms with Crippen molar-refractivity contribution in [2.45, 2.75) is 30.0 Å². The highest BCUT2D eigenvalue weighted by molar-refractivity contribution is 8.17. The lowest BCUT2D eigenvalue weighted by Gasteiger charge is -2.50. The van der Waals surface area contributed by atoms with E-state index in [0.29, 0.717) is 11.9 Å². The lowest BCUT2D eigenvalue weighted by Crippen LogP contribution is -2.61. The number of dihydropyridines is 1. The molecule has 23 heavy (non-hydrogen) atoms. The van der Waals surface area contributed by atoms with Crippen LogP contribution in [0.2, 0.25) is 0 Å². The maximum absolute atomic E-state index is 6.28. The fraction of sp³-hybridized carbons (Fsp3) is 0.667. The second-order valence-corrected chi connectivity index (χ2v) is 8.25. The van der Waals surface area contributed by atoms with Crippen LogP contribution in [-0.4, -0.2) is 65.6 Å². The van der Waals surface area contributed by atoms with Crippen molar-refractivity contribution in [3.8, 4) is 0 Å². The van der Waals surface area contributed by atoms with Crippen LogP contribution >= 0.6 is 23.4 Å². The van der Waals surface area contributed by atoms with E-state index in [-0.39, 0.29) is 17.1 Å². The van der Waals surface area contributed by atoms with Crippen molar-refractivity contribution in [3.05, 3.63) is 11.0 Å². The summed E-state index contributed by atoms with van der Waals surface area (Å²) in [5.41, 5.74) is -0.117. The minimum Gasteiger partial charge on any atom is -0.455 e.